The molecular formula is C16H14N2O2S. The van der Waals surface area contributed by atoms with E-state index in [1.54, 1.807) is 18.4 Å². The number of hydrogen-bond donors (Lipinski definition) is 0. The first-order chi connectivity index (χ1) is 10.4. The van der Waals surface area contributed by atoms with Gasteiger partial charge in [-0.3, -0.25) is 0 Å². The van der Waals surface area contributed by atoms with E-state index in [1.807, 2.05) is 24.3 Å². The smallest absolute Gasteiger partial charge is 0.284 e. The summed E-state index contributed by atoms with van der Waals surface area (Å²) in [5, 5.41) is 8.81. The standard InChI is InChI=1S/C16H14N2O2S/c1-2-7-14(12-8-4-3-5-9-12)21-16-18-17-15(20-16)13-10-6-11-19-13/h2-6,8-11,14H,1,7H2. The Labute approximate surface area is 126 Å². The van der Waals surface area contributed by atoms with Crippen molar-refractivity contribution in [3.8, 4) is 11.7 Å². The van der Waals surface area contributed by atoms with Crippen LogP contribution in [0.25, 0.3) is 11.7 Å². The van der Waals surface area contributed by atoms with Crippen LogP contribution in [0.1, 0.15) is 17.2 Å². The van der Waals surface area contributed by atoms with E-state index in [0.717, 1.165) is 6.42 Å². The molecule has 1 unspecified atom stereocenters. The van der Waals surface area contributed by atoms with Crippen molar-refractivity contribution >= 4 is 11.8 Å². The third kappa shape index (κ3) is 3.25. The largest absolute Gasteiger partial charge is 0.459 e. The highest BCUT2D eigenvalue weighted by atomic mass is 32.2. The molecule has 0 aliphatic carbocycles. The molecule has 21 heavy (non-hydrogen) atoms. The van der Waals surface area contributed by atoms with E-state index in [4.69, 9.17) is 8.83 Å². The Kier molecular flexibility index (Phi) is 4.21. The second kappa shape index (κ2) is 6.45. The maximum Gasteiger partial charge on any atom is 0.284 e. The molecule has 2 aromatic heterocycles. The lowest BCUT2D eigenvalue weighted by molar-refractivity contribution is 0.446. The SMILES string of the molecule is C=CCC(Sc1nnc(-c2ccco2)o1)c1ccccc1. The van der Waals surface area contributed by atoms with Crippen LogP contribution < -0.4 is 0 Å². The molecule has 0 radical (unpaired) electrons. The summed E-state index contributed by atoms with van der Waals surface area (Å²) in [6.07, 6.45) is 4.30. The Hall–Kier alpha value is -2.27. The molecule has 106 valence electrons. The molecule has 0 aliphatic heterocycles. The van der Waals surface area contributed by atoms with E-state index >= 15 is 0 Å². The molecule has 1 aromatic carbocycles. The van der Waals surface area contributed by atoms with Crippen LogP contribution >= 0.6 is 11.8 Å². The highest BCUT2D eigenvalue weighted by Gasteiger charge is 2.17. The van der Waals surface area contributed by atoms with E-state index in [2.05, 4.69) is 28.9 Å². The summed E-state index contributed by atoms with van der Waals surface area (Å²) < 4.78 is 10.9. The van der Waals surface area contributed by atoms with Crippen LogP contribution in [0, 0.1) is 0 Å². The van der Waals surface area contributed by atoms with Gasteiger partial charge in [-0.15, -0.1) is 16.8 Å². The second-order valence-electron chi connectivity index (χ2n) is 4.39. The molecule has 3 rings (SSSR count). The summed E-state index contributed by atoms with van der Waals surface area (Å²) in [5.41, 5.74) is 1.21. The van der Waals surface area contributed by atoms with Crippen molar-refractivity contribution in [2.45, 2.75) is 16.9 Å². The van der Waals surface area contributed by atoms with E-state index in [9.17, 15) is 0 Å². The summed E-state index contributed by atoms with van der Waals surface area (Å²) >= 11 is 1.53. The summed E-state index contributed by atoms with van der Waals surface area (Å²) in [6.45, 7) is 3.82. The van der Waals surface area contributed by atoms with Crippen molar-refractivity contribution in [3.63, 3.8) is 0 Å². The summed E-state index contributed by atoms with van der Waals surface area (Å²) in [6, 6.07) is 13.8. The van der Waals surface area contributed by atoms with Crippen LogP contribution in [-0.4, -0.2) is 10.2 Å². The average Bonchev–Trinajstić information content (AvgIpc) is 3.19. The highest BCUT2D eigenvalue weighted by Crippen LogP contribution is 2.38. The fraction of sp³-hybridized carbons (Fsp3) is 0.125. The van der Waals surface area contributed by atoms with Crippen molar-refractivity contribution in [2.75, 3.05) is 0 Å². The van der Waals surface area contributed by atoms with Gasteiger partial charge >= 0.3 is 0 Å². The summed E-state index contributed by atoms with van der Waals surface area (Å²) in [7, 11) is 0. The zero-order valence-corrected chi connectivity index (χ0v) is 12.1. The van der Waals surface area contributed by atoms with Gasteiger partial charge in [-0.05, 0) is 24.1 Å². The van der Waals surface area contributed by atoms with Crippen molar-refractivity contribution in [3.05, 3.63) is 66.9 Å². The topological polar surface area (TPSA) is 52.1 Å². The van der Waals surface area contributed by atoms with Crippen LogP contribution in [0.2, 0.25) is 0 Å². The number of rotatable bonds is 6. The molecule has 0 amide bonds. The van der Waals surface area contributed by atoms with Crippen LogP contribution in [0.5, 0.6) is 0 Å². The van der Waals surface area contributed by atoms with Gasteiger partial charge in [-0.1, -0.05) is 48.2 Å². The fourth-order valence-electron chi connectivity index (χ4n) is 1.95. The first-order valence-corrected chi connectivity index (χ1v) is 7.44. The maximum absolute atomic E-state index is 5.64. The number of nitrogens with zero attached hydrogens (tertiary/aromatic N) is 2. The molecule has 0 bridgehead atoms. The minimum Gasteiger partial charge on any atom is -0.459 e. The van der Waals surface area contributed by atoms with Gasteiger partial charge in [0.05, 0.1) is 6.26 Å². The Balaban J connectivity index is 1.79. The molecule has 0 N–H and O–H groups in total. The van der Waals surface area contributed by atoms with Gasteiger partial charge in [0.25, 0.3) is 11.1 Å². The average molecular weight is 298 g/mol. The van der Waals surface area contributed by atoms with Crippen molar-refractivity contribution in [1.82, 2.24) is 10.2 Å². The Morgan fingerprint density at radius 3 is 2.71 bits per heavy atom. The van der Waals surface area contributed by atoms with Crippen LogP contribution in [0.15, 0.2) is 75.4 Å². The first kappa shape index (κ1) is 13.7. The van der Waals surface area contributed by atoms with Crippen LogP contribution in [0.3, 0.4) is 0 Å². The predicted molar refractivity (Wildman–Crippen MR) is 81.9 cm³/mol. The van der Waals surface area contributed by atoms with E-state index < -0.39 is 0 Å². The summed E-state index contributed by atoms with van der Waals surface area (Å²) in [5.74, 6) is 0.974. The quantitative estimate of drug-likeness (QED) is 0.486. The van der Waals surface area contributed by atoms with Gasteiger partial charge in [0.1, 0.15) is 0 Å². The summed E-state index contributed by atoms with van der Waals surface area (Å²) in [4.78, 5) is 0. The number of thioether (sulfide) groups is 1. The lowest BCUT2D eigenvalue weighted by Crippen LogP contribution is -1.92. The van der Waals surface area contributed by atoms with Crippen molar-refractivity contribution in [2.24, 2.45) is 0 Å². The second-order valence-corrected chi connectivity index (χ2v) is 5.55. The highest BCUT2D eigenvalue weighted by molar-refractivity contribution is 7.99. The van der Waals surface area contributed by atoms with Gasteiger partial charge in [0.2, 0.25) is 0 Å². The third-order valence-corrected chi connectivity index (χ3v) is 4.05. The van der Waals surface area contributed by atoms with Crippen LogP contribution in [-0.2, 0) is 0 Å². The van der Waals surface area contributed by atoms with E-state index in [1.165, 1.54) is 17.3 Å². The minimum atomic E-state index is 0.202. The third-order valence-electron chi connectivity index (χ3n) is 2.93. The van der Waals surface area contributed by atoms with E-state index in [-0.39, 0.29) is 5.25 Å². The molecule has 3 aromatic rings. The molecule has 0 fully saturated rings. The van der Waals surface area contributed by atoms with Gasteiger partial charge in [-0.25, -0.2) is 0 Å². The molecule has 0 spiro atoms. The normalized spacial score (nSPS) is 12.2. The Bertz CT molecular complexity index is 692. The van der Waals surface area contributed by atoms with Crippen molar-refractivity contribution in [1.29, 1.82) is 0 Å². The molecule has 4 nitrogen and oxygen atoms in total. The van der Waals surface area contributed by atoms with Gasteiger partial charge in [0.15, 0.2) is 5.76 Å². The molecule has 0 aliphatic rings. The fourth-order valence-corrected chi connectivity index (χ4v) is 2.93. The number of allylic oxidation sites excluding steroid dienone is 1. The molecule has 1 atom stereocenters. The molecule has 2 heterocycles. The number of furan rings is 1. The van der Waals surface area contributed by atoms with E-state index in [0.29, 0.717) is 16.9 Å². The molecule has 0 saturated carbocycles. The van der Waals surface area contributed by atoms with Gasteiger partial charge in [-0.2, -0.15) is 0 Å². The predicted octanol–water partition coefficient (Wildman–Crippen LogP) is 4.74. The van der Waals surface area contributed by atoms with Gasteiger partial charge in [0, 0.05) is 5.25 Å². The lowest BCUT2D eigenvalue weighted by Gasteiger charge is -2.12. The number of hydrogen-bond acceptors (Lipinski definition) is 5. The van der Waals surface area contributed by atoms with Crippen molar-refractivity contribution < 1.29 is 8.83 Å². The zero-order valence-electron chi connectivity index (χ0n) is 11.3. The number of benzene rings is 1. The van der Waals surface area contributed by atoms with Gasteiger partial charge < -0.3 is 8.83 Å². The Morgan fingerprint density at radius 2 is 2.00 bits per heavy atom. The molecular weight excluding hydrogens is 284 g/mol. The minimum absolute atomic E-state index is 0.202. The molecule has 5 heteroatoms. The zero-order chi connectivity index (χ0) is 14.5. The first-order valence-electron chi connectivity index (χ1n) is 6.56. The maximum atomic E-state index is 5.64. The molecule has 0 saturated heterocycles. The lowest BCUT2D eigenvalue weighted by atomic mass is 10.1. The monoisotopic (exact) mass is 298 g/mol. The van der Waals surface area contributed by atoms with Crippen LogP contribution in [0.4, 0.5) is 0 Å². The Morgan fingerprint density at radius 1 is 1.14 bits per heavy atom. The number of aromatic nitrogens is 2.